The maximum Gasteiger partial charge on any atom is 0.303 e. The summed E-state index contributed by atoms with van der Waals surface area (Å²) in [7, 11) is 1.72. The molecule has 0 spiro atoms. The fraction of sp³-hybridized carbons (Fsp3) is 0.277. The van der Waals surface area contributed by atoms with Crippen molar-refractivity contribution in [2.45, 2.75) is 45.4 Å². The fourth-order valence-electron chi connectivity index (χ4n) is 7.40. The minimum atomic E-state index is -0.838. The number of ether oxygens (including phenoxy) is 3. The molecule has 0 radical (unpaired) electrons. The summed E-state index contributed by atoms with van der Waals surface area (Å²) in [5, 5.41) is 10.0. The van der Waals surface area contributed by atoms with E-state index in [4.69, 9.17) is 14.2 Å². The van der Waals surface area contributed by atoms with Crippen LogP contribution in [0.1, 0.15) is 58.0 Å². The minimum absolute atomic E-state index is 0.0577. The minimum Gasteiger partial charge on any atom is -0.495 e. The Balaban J connectivity index is 1.15. The molecule has 6 aromatic rings. The van der Waals surface area contributed by atoms with Crippen LogP contribution >= 0.6 is 0 Å². The zero-order valence-corrected chi connectivity index (χ0v) is 32.1. The molecule has 1 aliphatic rings. The number of hydrogen-bond acceptors (Lipinski definition) is 7. The lowest BCUT2D eigenvalue weighted by Crippen LogP contribution is -2.47. The number of anilines is 1. The van der Waals surface area contributed by atoms with Crippen LogP contribution < -0.4 is 19.1 Å². The molecule has 9 heteroatoms. The predicted octanol–water partition coefficient (Wildman–Crippen LogP) is 8.97. The third kappa shape index (κ3) is 9.24. The van der Waals surface area contributed by atoms with Gasteiger partial charge in [-0.2, -0.15) is 0 Å². The van der Waals surface area contributed by atoms with Crippen LogP contribution in [0.15, 0.2) is 128 Å². The highest BCUT2D eigenvalue weighted by atomic mass is 16.5. The molecule has 0 amide bonds. The van der Waals surface area contributed by atoms with Crippen LogP contribution in [0, 0.1) is 6.92 Å². The van der Waals surface area contributed by atoms with Gasteiger partial charge in [0.05, 0.1) is 12.8 Å². The molecule has 0 bridgehead atoms. The second-order valence-electron chi connectivity index (χ2n) is 14.3. The molecule has 5 aromatic carbocycles. The van der Waals surface area contributed by atoms with Crippen molar-refractivity contribution in [3.8, 4) is 17.2 Å². The first-order valence-electron chi connectivity index (χ1n) is 19.3. The lowest BCUT2D eigenvalue weighted by molar-refractivity contribution is -0.137. The first-order valence-corrected chi connectivity index (χ1v) is 19.3. The summed E-state index contributed by atoms with van der Waals surface area (Å²) in [5.41, 5.74) is 6.30. The molecule has 1 aromatic heterocycles. The quantitative estimate of drug-likeness (QED) is 0.0924. The van der Waals surface area contributed by atoms with Crippen molar-refractivity contribution < 1.29 is 28.9 Å². The third-order valence-corrected chi connectivity index (χ3v) is 10.5. The molecule has 1 aliphatic heterocycles. The van der Waals surface area contributed by atoms with E-state index in [0.29, 0.717) is 42.2 Å². The summed E-state index contributed by atoms with van der Waals surface area (Å²) >= 11 is 0. The number of nitrogens with zero attached hydrogens (tertiary/aromatic N) is 3. The van der Waals surface area contributed by atoms with Gasteiger partial charge >= 0.3 is 5.97 Å². The number of aryl methyl sites for hydroxylation is 2. The van der Waals surface area contributed by atoms with E-state index in [0.717, 1.165) is 72.6 Å². The molecule has 7 rings (SSSR count). The van der Waals surface area contributed by atoms with Crippen molar-refractivity contribution in [1.29, 1.82) is 0 Å². The number of carboxylic acid groups (broad SMARTS) is 1. The number of ketones is 1. The Morgan fingerprint density at radius 1 is 0.768 bits per heavy atom. The average molecular weight is 752 g/mol. The number of fused-ring (bicyclic) bond motifs is 1. The van der Waals surface area contributed by atoms with Gasteiger partial charge in [-0.05, 0) is 60.9 Å². The molecule has 288 valence electrons. The van der Waals surface area contributed by atoms with E-state index in [1.54, 1.807) is 13.2 Å². The number of benzene rings is 5. The largest absolute Gasteiger partial charge is 0.495 e. The van der Waals surface area contributed by atoms with Gasteiger partial charge in [0.1, 0.15) is 18.5 Å². The zero-order chi connectivity index (χ0) is 38.9. The van der Waals surface area contributed by atoms with Gasteiger partial charge in [-0.3, -0.25) is 14.5 Å². The maximum atomic E-state index is 14.4. The van der Waals surface area contributed by atoms with Crippen molar-refractivity contribution in [2.24, 2.45) is 0 Å². The molecular weight excluding hydrogens is 703 g/mol. The molecule has 0 saturated carbocycles. The molecule has 1 unspecified atom stereocenters. The Morgan fingerprint density at radius 3 is 2.27 bits per heavy atom. The van der Waals surface area contributed by atoms with Crippen molar-refractivity contribution in [1.82, 2.24) is 9.47 Å². The number of carbonyl (C=O) groups excluding carboxylic acids is 1. The van der Waals surface area contributed by atoms with Crippen LogP contribution in [0.4, 0.5) is 5.69 Å². The SMILES string of the molecule is COc1ccccc1N1CCN(CCC(Oc2cc(C(=O)c3cn(CCCC(=O)O)c4ccccc34)ccc2OCc2ccccc2)c2ccc(C)cc2)CC1. The summed E-state index contributed by atoms with van der Waals surface area (Å²) in [5.74, 6) is 0.974. The molecule has 1 saturated heterocycles. The Morgan fingerprint density at radius 2 is 1.50 bits per heavy atom. The topological polar surface area (TPSA) is 93.5 Å². The highest BCUT2D eigenvalue weighted by Crippen LogP contribution is 2.36. The molecule has 0 aliphatic carbocycles. The number of aliphatic carboxylic acids is 1. The summed E-state index contributed by atoms with van der Waals surface area (Å²) in [6, 6.07) is 39.8. The normalized spacial score (nSPS) is 13.7. The van der Waals surface area contributed by atoms with E-state index < -0.39 is 5.97 Å². The van der Waals surface area contributed by atoms with Gasteiger partial charge < -0.3 is 28.8 Å². The number of methoxy groups -OCH3 is 1. The van der Waals surface area contributed by atoms with Crippen molar-refractivity contribution in [3.63, 3.8) is 0 Å². The van der Waals surface area contributed by atoms with Gasteiger partial charge in [0, 0.05) is 80.3 Å². The van der Waals surface area contributed by atoms with Gasteiger partial charge in [-0.25, -0.2) is 0 Å². The van der Waals surface area contributed by atoms with Crippen LogP contribution in [-0.2, 0) is 17.9 Å². The number of aromatic nitrogens is 1. The Kier molecular flexibility index (Phi) is 12.3. The second-order valence-corrected chi connectivity index (χ2v) is 14.3. The van der Waals surface area contributed by atoms with Gasteiger partial charge in [0.25, 0.3) is 0 Å². The number of rotatable bonds is 17. The zero-order valence-electron chi connectivity index (χ0n) is 32.1. The Labute approximate surface area is 328 Å². The summed E-state index contributed by atoms with van der Waals surface area (Å²) in [6.07, 6.45) is 2.80. The van der Waals surface area contributed by atoms with Crippen LogP contribution in [0.3, 0.4) is 0 Å². The molecule has 9 nitrogen and oxygen atoms in total. The van der Waals surface area contributed by atoms with E-state index in [1.807, 2.05) is 89.6 Å². The number of hydrogen-bond donors (Lipinski definition) is 1. The van der Waals surface area contributed by atoms with Crippen LogP contribution in [0.2, 0.25) is 0 Å². The van der Waals surface area contributed by atoms with E-state index >= 15 is 0 Å². The summed E-state index contributed by atoms with van der Waals surface area (Å²) in [4.78, 5) is 30.5. The monoisotopic (exact) mass is 751 g/mol. The van der Waals surface area contributed by atoms with E-state index in [2.05, 4.69) is 53.1 Å². The number of piperazine rings is 1. The fourth-order valence-corrected chi connectivity index (χ4v) is 7.40. The standard InChI is InChI=1S/C47H49N3O6/c1-34-18-20-36(21-19-34)42(24-26-48-27-29-49(30-28-48)41-15-8-9-16-43(41)54-2)56-45-31-37(22-23-44(45)55-33-35-11-4-3-5-12-35)47(53)39-32-50(25-10-17-46(51)52)40-14-7-6-13-38(39)40/h3-9,11-16,18-23,31-32,42H,10,17,24-30,33H2,1-2H3,(H,51,52). The third-order valence-electron chi connectivity index (χ3n) is 10.5. The predicted molar refractivity (Wildman–Crippen MR) is 220 cm³/mol. The van der Waals surface area contributed by atoms with Crippen LogP contribution in [0.5, 0.6) is 17.2 Å². The maximum absolute atomic E-state index is 14.4. The van der Waals surface area contributed by atoms with E-state index in [1.165, 1.54) is 5.56 Å². The Bertz CT molecular complexity index is 2240. The summed E-state index contributed by atoms with van der Waals surface area (Å²) < 4.78 is 21.0. The molecular formula is C47H49N3O6. The smallest absolute Gasteiger partial charge is 0.303 e. The van der Waals surface area contributed by atoms with Crippen molar-refractivity contribution in [3.05, 3.63) is 155 Å². The molecule has 1 atom stereocenters. The lowest BCUT2D eigenvalue weighted by Gasteiger charge is -2.37. The number of para-hydroxylation sites is 3. The van der Waals surface area contributed by atoms with Crippen LogP contribution in [0.25, 0.3) is 10.9 Å². The van der Waals surface area contributed by atoms with E-state index in [9.17, 15) is 14.7 Å². The number of carboxylic acids is 1. The van der Waals surface area contributed by atoms with Gasteiger partial charge in [-0.1, -0.05) is 90.5 Å². The average Bonchev–Trinajstić information content (AvgIpc) is 3.60. The second kappa shape index (κ2) is 18.0. The van der Waals surface area contributed by atoms with Crippen LogP contribution in [-0.4, -0.2) is 66.2 Å². The van der Waals surface area contributed by atoms with Gasteiger partial charge in [0.2, 0.25) is 0 Å². The molecule has 56 heavy (non-hydrogen) atoms. The summed E-state index contributed by atoms with van der Waals surface area (Å²) in [6.45, 7) is 7.37. The molecule has 2 heterocycles. The van der Waals surface area contributed by atoms with Gasteiger partial charge in [0.15, 0.2) is 17.3 Å². The highest BCUT2D eigenvalue weighted by Gasteiger charge is 2.24. The highest BCUT2D eigenvalue weighted by molar-refractivity contribution is 6.16. The molecule has 1 N–H and O–H groups in total. The lowest BCUT2D eigenvalue weighted by atomic mass is 10.0. The Hall–Kier alpha value is -6.06. The first-order chi connectivity index (χ1) is 27.4. The van der Waals surface area contributed by atoms with Crippen molar-refractivity contribution >= 4 is 28.3 Å². The molecule has 1 fully saturated rings. The van der Waals surface area contributed by atoms with Crippen molar-refractivity contribution in [2.75, 3.05) is 44.7 Å². The number of carbonyl (C=O) groups is 2. The first kappa shape index (κ1) is 38.2. The van der Waals surface area contributed by atoms with Gasteiger partial charge in [-0.15, -0.1) is 0 Å². The van der Waals surface area contributed by atoms with E-state index in [-0.39, 0.29) is 18.3 Å².